The van der Waals surface area contributed by atoms with Crippen LogP contribution in [0.1, 0.15) is 47.2 Å². The van der Waals surface area contributed by atoms with Gasteiger partial charge < -0.3 is 35.0 Å². The van der Waals surface area contributed by atoms with Gasteiger partial charge in [-0.1, -0.05) is 149 Å². The normalized spacial score (nSPS) is 9.80. The average Bonchev–Trinajstić information content (AvgIpc) is 0.859. The molecule has 6 aromatic heterocycles. The van der Waals surface area contributed by atoms with Crippen molar-refractivity contribution in [1.29, 1.82) is 0 Å². The van der Waals surface area contributed by atoms with Crippen molar-refractivity contribution >= 4 is 5.78 Å². The van der Waals surface area contributed by atoms with E-state index >= 15 is 0 Å². The molecule has 0 saturated heterocycles. The predicted octanol–water partition coefficient (Wildman–Crippen LogP) is 21.5. The Morgan fingerprint density at radius 3 is 0.941 bits per heavy atom. The molecule has 0 aliphatic heterocycles. The molecular weight excluding hydrogens is 1950 g/mol. The maximum atomic E-state index is 10.0. The van der Waals surface area contributed by atoms with Crippen molar-refractivity contribution in [2.45, 2.75) is 55.4 Å². The smallest absolute Gasteiger partial charge is 0.155 e. The monoisotopic (exact) mass is 2030 g/mol. The summed E-state index contributed by atoms with van der Waals surface area (Å²) in [6.45, 7) is 15.4. The number of allylic oxidation sites excluding steroid dienone is 2. The zero-order chi connectivity index (χ0) is 68.4. The van der Waals surface area contributed by atoms with Crippen LogP contribution in [0, 0.1) is 77.9 Å². The van der Waals surface area contributed by atoms with E-state index in [2.05, 4.69) is 169 Å². The Bertz CT molecular complexity index is 4360. The molecule has 14 aromatic rings. The molecule has 8 nitrogen and oxygen atoms in total. The minimum atomic E-state index is -0.125. The molecule has 0 aliphatic rings. The van der Waals surface area contributed by atoms with Gasteiger partial charge in [0.1, 0.15) is 0 Å². The fourth-order valence-corrected chi connectivity index (χ4v) is 9.70. The van der Waals surface area contributed by atoms with Crippen molar-refractivity contribution in [2.24, 2.45) is 0 Å². The van der Waals surface area contributed by atoms with Crippen LogP contribution in [0.25, 0.3) is 89.8 Å². The molecule has 101 heavy (non-hydrogen) atoms. The molecule has 0 amide bonds. The summed E-state index contributed by atoms with van der Waals surface area (Å²) in [4.78, 5) is 36.2. The molecule has 0 atom stereocenters. The number of rotatable bonds is 9. The molecule has 4 radical (unpaired) electrons. The second kappa shape index (κ2) is 46.0. The number of nitrogens with zero attached hydrogens (tertiary/aromatic N) is 6. The van der Waals surface area contributed by atoms with Gasteiger partial charge in [-0.15, -0.1) is 213 Å². The average molecular weight is 2030 g/mol. The Labute approximate surface area is 651 Å². The number of aromatic nitrogens is 6. The van der Waals surface area contributed by atoms with E-state index in [0.29, 0.717) is 0 Å². The van der Waals surface area contributed by atoms with E-state index in [1.807, 2.05) is 219 Å². The fourth-order valence-electron chi connectivity index (χ4n) is 9.70. The standard InChI is InChI=1S/2C18H14N.4C12H10N.C5H8O2.4Ir/c2*1-14-12-18(16-10-6-3-7-11-16)19-13-17(14)15-8-4-2-5-9-15;3*1-10-5-4-6-11(9-10)12-7-2-3-8-13-12;1-10-6-2-3-7-11(10)12-8-4-5-9-13-12;1-4(6)3-5(2)7;;;;/h2*2-10,12-13H,1H3;3*2-5,7-9H,1H3;2-6,8-9H,1H3;3,6H,1-2H3;;;;/q6*-1;;;;;. The number of ketones is 1. The minimum absolute atomic E-state index is 0. The Morgan fingerprint density at radius 2 is 0.653 bits per heavy atom. The zero-order valence-electron chi connectivity index (χ0n) is 57.3. The van der Waals surface area contributed by atoms with E-state index in [4.69, 9.17) is 5.11 Å². The van der Waals surface area contributed by atoms with Gasteiger partial charge in [0, 0.05) is 135 Å². The zero-order valence-corrected chi connectivity index (χ0v) is 66.9. The van der Waals surface area contributed by atoms with Gasteiger partial charge in [0.15, 0.2) is 5.78 Å². The van der Waals surface area contributed by atoms with Crippen LogP contribution < -0.4 is 0 Å². The van der Waals surface area contributed by atoms with Crippen molar-refractivity contribution in [3.63, 3.8) is 0 Å². The summed E-state index contributed by atoms with van der Waals surface area (Å²) in [6.07, 6.45) is 12.2. The number of aryl methyl sites for hydroxylation is 6. The van der Waals surface area contributed by atoms with Crippen LogP contribution in [0.5, 0.6) is 0 Å². The van der Waals surface area contributed by atoms with Gasteiger partial charge in [0.25, 0.3) is 0 Å². The second-order valence-corrected chi connectivity index (χ2v) is 22.4. The van der Waals surface area contributed by atoms with Crippen molar-refractivity contribution in [3.8, 4) is 89.8 Å². The van der Waals surface area contributed by atoms with Crippen LogP contribution in [0.15, 0.2) is 316 Å². The van der Waals surface area contributed by atoms with Crippen molar-refractivity contribution in [3.05, 3.63) is 386 Å². The summed E-state index contributed by atoms with van der Waals surface area (Å²) in [5, 5.41) is 8.36. The molecule has 8 aromatic carbocycles. The number of hydrogen-bond donors (Lipinski definition) is 1. The van der Waals surface area contributed by atoms with Gasteiger partial charge in [0.2, 0.25) is 0 Å². The van der Waals surface area contributed by atoms with Gasteiger partial charge >= 0.3 is 0 Å². The van der Waals surface area contributed by atoms with Crippen LogP contribution in [0.4, 0.5) is 0 Å². The summed E-state index contributed by atoms with van der Waals surface area (Å²) in [5.41, 5.74) is 24.3. The van der Waals surface area contributed by atoms with Crippen molar-refractivity contribution in [2.75, 3.05) is 0 Å². The van der Waals surface area contributed by atoms with E-state index in [1.165, 1.54) is 75.6 Å². The van der Waals surface area contributed by atoms with Gasteiger partial charge in [-0.2, -0.15) is 0 Å². The molecule has 516 valence electrons. The minimum Gasteiger partial charge on any atom is -0.512 e. The number of carbonyl (C=O) groups is 1. The molecule has 0 saturated carbocycles. The number of carbonyl (C=O) groups excluding carboxylic acids is 1. The van der Waals surface area contributed by atoms with Gasteiger partial charge in [-0.05, 0) is 108 Å². The molecule has 0 spiro atoms. The summed E-state index contributed by atoms with van der Waals surface area (Å²) in [7, 11) is 0. The van der Waals surface area contributed by atoms with E-state index in [-0.39, 0.29) is 92.0 Å². The first-order valence-corrected chi connectivity index (χ1v) is 31.7. The third-order valence-electron chi connectivity index (χ3n) is 14.5. The summed E-state index contributed by atoms with van der Waals surface area (Å²) in [5.74, 6) is -0.0625. The number of benzene rings is 8. The first-order chi connectivity index (χ1) is 47.3. The molecular formula is C89H76Ir4N6O2-6. The van der Waals surface area contributed by atoms with Crippen LogP contribution >= 0.6 is 0 Å². The molecule has 0 unspecified atom stereocenters. The maximum absolute atomic E-state index is 10.0. The summed E-state index contributed by atoms with van der Waals surface area (Å²) in [6, 6.07) is 108. The van der Waals surface area contributed by atoms with Crippen LogP contribution in [-0.4, -0.2) is 40.8 Å². The topological polar surface area (TPSA) is 115 Å². The first kappa shape index (κ1) is 83.9. The third-order valence-corrected chi connectivity index (χ3v) is 14.5. The number of hydrogen-bond acceptors (Lipinski definition) is 8. The quantitative estimate of drug-likeness (QED) is 0.0863. The van der Waals surface area contributed by atoms with Crippen molar-refractivity contribution in [1.82, 2.24) is 29.9 Å². The van der Waals surface area contributed by atoms with E-state index in [0.717, 1.165) is 67.5 Å². The van der Waals surface area contributed by atoms with Crippen LogP contribution in [0.2, 0.25) is 0 Å². The molecule has 0 bridgehead atoms. The van der Waals surface area contributed by atoms with E-state index in [9.17, 15) is 4.79 Å². The summed E-state index contributed by atoms with van der Waals surface area (Å²) < 4.78 is 0. The Balaban J connectivity index is 0.000000252. The van der Waals surface area contributed by atoms with Gasteiger partial charge in [-0.25, -0.2) is 0 Å². The van der Waals surface area contributed by atoms with Gasteiger partial charge in [0.05, 0.1) is 5.76 Å². The number of aliphatic hydroxyl groups excluding tert-OH is 1. The first-order valence-electron chi connectivity index (χ1n) is 31.7. The Hall–Kier alpha value is -9.53. The molecule has 6 heterocycles. The Morgan fingerprint density at radius 1 is 0.317 bits per heavy atom. The Kier molecular flexibility index (Phi) is 38.2. The largest absolute Gasteiger partial charge is 0.512 e. The maximum Gasteiger partial charge on any atom is 0.155 e. The van der Waals surface area contributed by atoms with Crippen molar-refractivity contribution < 1.29 is 90.3 Å². The molecule has 14 rings (SSSR count). The third kappa shape index (κ3) is 28.6. The van der Waals surface area contributed by atoms with E-state index in [1.54, 1.807) is 24.8 Å². The molecule has 1 N–H and O–H groups in total. The second-order valence-electron chi connectivity index (χ2n) is 22.4. The molecule has 0 fully saturated rings. The van der Waals surface area contributed by atoms with Crippen LogP contribution in [0.3, 0.4) is 0 Å². The number of aliphatic hydroxyl groups is 1. The fraction of sp³-hybridized carbons (Fsp3) is 0.0899. The van der Waals surface area contributed by atoms with E-state index < -0.39 is 0 Å². The molecule has 12 heteroatoms. The predicted molar refractivity (Wildman–Crippen MR) is 397 cm³/mol. The number of pyridine rings is 6. The molecule has 0 aliphatic carbocycles. The van der Waals surface area contributed by atoms with Gasteiger partial charge in [-0.3, -0.25) is 4.79 Å². The summed E-state index contributed by atoms with van der Waals surface area (Å²) >= 11 is 0. The SMILES string of the molecule is CC(=O)C=C(C)O.Cc1cc(-c2[c-]cccc2)ncc1-c1ccccc1.Cc1cc(-c2[c-]cccc2)ncc1-c1ccccc1.Cc1cc[c-]c(-c2ccccn2)c1.Cc1cc[c-]c(-c2ccccn2)c1.Cc1cc[c-]c(-c2ccccn2)c1.Cc1ccc[c-]c1-c1ccccn1.[Ir].[Ir].[Ir].[Ir]. The van der Waals surface area contributed by atoms with Crippen LogP contribution in [-0.2, 0) is 85.2 Å².